The van der Waals surface area contributed by atoms with E-state index in [4.69, 9.17) is 0 Å². The van der Waals surface area contributed by atoms with Gasteiger partial charge in [-0.15, -0.1) is 6.58 Å². The maximum Gasteiger partial charge on any atom is 0.123 e. The molecule has 0 saturated heterocycles. The van der Waals surface area contributed by atoms with Crippen molar-refractivity contribution in [3.63, 3.8) is 0 Å². The molecule has 1 heterocycles. The third kappa shape index (κ3) is 3.57. The Morgan fingerprint density at radius 3 is 2.30 bits per heavy atom. The zero-order chi connectivity index (χ0) is 21.3. The Bertz CT molecular complexity index is 1210. The van der Waals surface area contributed by atoms with E-state index in [0.717, 1.165) is 55.8 Å². The average molecular weight is 418 g/mol. The van der Waals surface area contributed by atoms with Crippen molar-refractivity contribution < 1.29 is 8.94 Å². The van der Waals surface area contributed by atoms with Crippen LogP contribution in [0.2, 0.25) is 0 Å². The highest BCUT2D eigenvalue weighted by Gasteiger charge is 2.26. The Morgan fingerprint density at radius 2 is 1.67 bits per heavy atom. The maximum absolute atomic E-state index is 13.7. The molecule has 0 saturated carbocycles. The zero-order valence-corrected chi connectivity index (χ0v) is 17.9. The summed E-state index contributed by atoms with van der Waals surface area (Å²) in [7, 11) is 0. The number of allylic oxidation sites excluding steroid dienone is 1. The molecule has 0 aliphatic heterocycles. The highest BCUT2D eigenvalue weighted by molar-refractivity contribution is 7.94. The molecule has 0 unspecified atom stereocenters. The standard InChI is InChI=1S/C26H24FNOS/c1-4-15-28-24(17(2)3)26(30-29)23(25(28)19-11-13-22(27)14-12-19)21-10-9-18-7-5-6-8-20(18)16-21/h4-14,16-17,29H,1,15H2,2-3H3. The second-order valence-corrected chi connectivity index (χ2v) is 8.24. The molecule has 3 aromatic carbocycles. The van der Waals surface area contributed by atoms with Crippen LogP contribution in [0, 0.1) is 5.82 Å². The predicted molar refractivity (Wildman–Crippen MR) is 126 cm³/mol. The van der Waals surface area contributed by atoms with Crippen molar-refractivity contribution in [2.45, 2.75) is 31.2 Å². The third-order valence-corrected chi connectivity index (χ3v) is 5.96. The van der Waals surface area contributed by atoms with E-state index < -0.39 is 0 Å². The van der Waals surface area contributed by atoms with E-state index in [1.165, 1.54) is 12.1 Å². The summed E-state index contributed by atoms with van der Waals surface area (Å²) in [6, 6.07) is 21.1. The van der Waals surface area contributed by atoms with Crippen LogP contribution < -0.4 is 0 Å². The Morgan fingerprint density at radius 1 is 1.00 bits per heavy atom. The van der Waals surface area contributed by atoms with Gasteiger partial charge in [0.25, 0.3) is 0 Å². The molecule has 0 spiro atoms. The van der Waals surface area contributed by atoms with Gasteiger partial charge >= 0.3 is 0 Å². The van der Waals surface area contributed by atoms with Crippen LogP contribution >= 0.6 is 12.0 Å². The topological polar surface area (TPSA) is 25.2 Å². The van der Waals surface area contributed by atoms with Crippen LogP contribution in [0.5, 0.6) is 0 Å². The second kappa shape index (κ2) is 8.50. The first-order valence-electron chi connectivity index (χ1n) is 9.99. The van der Waals surface area contributed by atoms with Crippen LogP contribution in [-0.4, -0.2) is 9.12 Å². The summed E-state index contributed by atoms with van der Waals surface area (Å²) in [5, 5.41) is 2.30. The number of hydrogen-bond donors (Lipinski definition) is 1. The van der Waals surface area contributed by atoms with Gasteiger partial charge in [-0.05, 0) is 58.1 Å². The van der Waals surface area contributed by atoms with Crippen molar-refractivity contribution >= 4 is 22.8 Å². The van der Waals surface area contributed by atoms with Gasteiger partial charge in [0, 0.05) is 29.8 Å². The second-order valence-electron chi connectivity index (χ2n) is 7.65. The summed E-state index contributed by atoms with van der Waals surface area (Å²) in [6.07, 6.45) is 1.86. The number of fused-ring (bicyclic) bond motifs is 1. The van der Waals surface area contributed by atoms with Crippen LogP contribution in [0.4, 0.5) is 4.39 Å². The van der Waals surface area contributed by atoms with E-state index in [1.54, 1.807) is 12.1 Å². The molecule has 4 heteroatoms. The molecule has 0 aliphatic carbocycles. The molecule has 0 atom stereocenters. The lowest BCUT2D eigenvalue weighted by Crippen LogP contribution is -2.05. The van der Waals surface area contributed by atoms with E-state index >= 15 is 0 Å². The molecule has 152 valence electrons. The minimum absolute atomic E-state index is 0.188. The van der Waals surface area contributed by atoms with Gasteiger partial charge in [0.2, 0.25) is 0 Å². The largest absolute Gasteiger partial charge is 0.339 e. The molecule has 0 aliphatic rings. The fourth-order valence-corrected chi connectivity index (χ4v) is 4.86. The molecule has 1 N–H and O–H groups in total. The molecule has 4 aromatic rings. The first kappa shape index (κ1) is 20.5. The molecule has 0 bridgehead atoms. The normalized spacial score (nSPS) is 11.4. The van der Waals surface area contributed by atoms with Crippen molar-refractivity contribution in [2.24, 2.45) is 0 Å². The summed E-state index contributed by atoms with van der Waals surface area (Å²) in [5.41, 5.74) is 4.90. The van der Waals surface area contributed by atoms with E-state index in [1.807, 2.05) is 18.2 Å². The highest BCUT2D eigenvalue weighted by atomic mass is 32.2. The smallest absolute Gasteiger partial charge is 0.123 e. The number of halogens is 1. The van der Waals surface area contributed by atoms with E-state index in [0.29, 0.717) is 6.54 Å². The molecular weight excluding hydrogens is 393 g/mol. The van der Waals surface area contributed by atoms with E-state index in [9.17, 15) is 8.94 Å². The lowest BCUT2D eigenvalue weighted by molar-refractivity contribution is 0.628. The summed E-state index contributed by atoms with van der Waals surface area (Å²) < 4.78 is 26.2. The number of nitrogens with zero attached hydrogens (tertiary/aromatic N) is 1. The monoisotopic (exact) mass is 417 g/mol. The van der Waals surface area contributed by atoms with Crippen LogP contribution in [0.1, 0.15) is 25.5 Å². The van der Waals surface area contributed by atoms with E-state index in [2.05, 4.69) is 55.3 Å². The molecule has 0 amide bonds. The first-order chi connectivity index (χ1) is 14.5. The van der Waals surface area contributed by atoms with Crippen molar-refractivity contribution in [1.82, 2.24) is 4.57 Å². The predicted octanol–water partition coefficient (Wildman–Crippen LogP) is 7.99. The fourth-order valence-electron chi connectivity index (χ4n) is 4.12. The van der Waals surface area contributed by atoms with Crippen molar-refractivity contribution in [3.05, 3.63) is 90.9 Å². The Balaban J connectivity index is 2.09. The molecular formula is C26H24FNOS. The van der Waals surface area contributed by atoms with Gasteiger partial charge < -0.3 is 9.12 Å². The number of rotatable bonds is 6. The maximum atomic E-state index is 13.7. The highest BCUT2D eigenvalue weighted by Crippen LogP contribution is 2.46. The third-order valence-electron chi connectivity index (χ3n) is 5.36. The Hall–Kier alpha value is -2.82. The summed E-state index contributed by atoms with van der Waals surface area (Å²) in [4.78, 5) is 0.835. The molecule has 0 fully saturated rings. The van der Waals surface area contributed by atoms with Crippen molar-refractivity contribution in [1.29, 1.82) is 0 Å². The molecule has 2 nitrogen and oxygen atoms in total. The zero-order valence-electron chi connectivity index (χ0n) is 17.1. The minimum atomic E-state index is -0.270. The van der Waals surface area contributed by atoms with Gasteiger partial charge in [-0.2, -0.15) is 0 Å². The number of benzene rings is 3. The van der Waals surface area contributed by atoms with Crippen LogP contribution in [0.25, 0.3) is 33.2 Å². The molecule has 1 aromatic heterocycles. The lowest BCUT2D eigenvalue weighted by Gasteiger charge is -2.15. The van der Waals surface area contributed by atoms with Gasteiger partial charge in [0.15, 0.2) is 0 Å². The van der Waals surface area contributed by atoms with Crippen LogP contribution in [0.3, 0.4) is 0 Å². The van der Waals surface area contributed by atoms with Gasteiger partial charge in [-0.3, -0.25) is 0 Å². The van der Waals surface area contributed by atoms with E-state index in [-0.39, 0.29) is 11.7 Å². The summed E-state index contributed by atoms with van der Waals surface area (Å²) in [6.45, 7) is 8.77. The molecule has 4 rings (SSSR count). The van der Waals surface area contributed by atoms with Crippen molar-refractivity contribution in [3.8, 4) is 22.4 Å². The Kier molecular flexibility index (Phi) is 5.80. The Labute approximate surface area is 180 Å². The van der Waals surface area contributed by atoms with Crippen molar-refractivity contribution in [2.75, 3.05) is 0 Å². The summed E-state index contributed by atoms with van der Waals surface area (Å²) >= 11 is 0.780. The summed E-state index contributed by atoms with van der Waals surface area (Å²) in [5.74, 6) is -0.0818. The lowest BCUT2D eigenvalue weighted by atomic mass is 9.98. The quantitative estimate of drug-likeness (QED) is 0.254. The minimum Gasteiger partial charge on any atom is -0.339 e. The SMILES string of the molecule is C=CCn1c(-c2ccc(F)cc2)c(-c2ccc3ccccc3c2)c(SO)c1C(C)C. The first-order valence-corrected chi connectivity index (χ1v) is 10.8. The molecule has 0 radical (unpaired) electrons. The van der Waals surface area contributed by atoms with Gasteiger partial charge in [0.1, 0.15) is 5.82 Å². The number of aromatic nitrogens is 1. The average Bonchev–Trinajstić information content (AvgIpc) is 3.08. The molecule has 30 heavy (non-hydrogen) atoms. The van der Waals surface area contributed by atoms with Crippen LogP contribution in [0.15, 0.2) is 84.3 Å². The number of hydrogen-bond acceptors (Lipinski definition) is 2. The van der Waals surface area contributed by atoms with Gasteiger partial charge in [-0.25, -0.2) is 4.39 Å². The van der Waals surface area contributed by atoms with Gasteiger partial charge in [0.05, 0.1) is 10.6 Å². The fraction of sp³-hybridized carbons (Fsp3) is 0.154. The van der Waals surface area contributed by atoms with Gasteiger partial charge in [-0.1, -0.05) is 56.3 Å². The van der Waals surface area contributed by atoms with Crippen LogP contribution in [-0.2, 0) is 6.54 Å².